The van der Waals surface area contributed by atoms with E-state index in [9.17, 15) is 4.79 Å². The first-order chi connectivity index (χ1) is 17.4. The number of fused-ring (bicyclic) bond motifs is 1. The van der Waals surface area contributed by atoms with E-state index in [4.69, 9.17) is 22.3 Å². The molecule has 3 heterocycles. The quantitative estimate of drug-likeness (QED) is 0.307. The number of hydrogen-bond donors (Lipinski definition) is 2. The van der Waals surface area contributed by atoms with Crippen molar-refractivity contribution >= 4 is 34.5 Å². The van der Waals surface area contributed by atoms with Crippen molar-refractivity contribution in [1.29, 1.82) is 0 Å². The van der Waals surface area contributed by atoms with E-state index in [1.807, 2.05) is 72.1 Å². The summed E-state index contributed by atoms with van der Waals surface area (Å²) in [4.78, 5) is 27.0. The molecular formula is C28H23ClN6O. The molecule has 0 atom stereocenters. The van der Waals surface area contributed by atoms with Crippen molar-refractivity contribution < 1.29 is 4.79 Å². The first-order valence-corrected chi connectivity index (χ1v) is 12.1. The van der Waals surface area contributed by atoms with Gasteiger partial charge in [-0.1, -0.05) is 35.9 Å². The molecule has 3 N–H and O–H groups in total. The Morgan fingerprint density at radius 1 is 1.03 bits per heavy atom. The molecule has 0 unspecified atom stereocenters. The number of benzene rings is 2. The van der Waals surface area contributed by atoms with Gasteiger partial charge in [-0.25, -0.2) is 15.0 Å². The van der Waals surface area contributed by atoms with Gasteiger partial charge in [0.15, 0.2) is 0 Å². The number of aryl methyl sites for hydroxylation is 1. The maximum Gasteiger partial charge on any atom is 0.255 e. The number of imidazole rings is 1. The molecule has 36 heavy (non-hydrogen) atoms. The first kappa shape index (κ1) is 22.2. The molecule has 2 aromatic carbocycles. The summed E-state index contributed by atoms with van der Waals surface area (Å²) in [5.74, 6) is 0.565. The summed E-state index contributed by atoms with van der Waals surface area (Å²) >= 11 is 6.25. The fraction of sp³-hybridized carbons (Fsp3) is 0.143. The van der Waals surface area contributed by atoms with E-state index in [-0.39, 0.29) is 11.3 Å². The average Bonchev–Trinajstić information content (AvgIpc) is 3.63. The minimum atomic E-state index is -0.263. The van der Waals surface area contributed by atoms with E-state index in [1.54, 1.807) is 18.3 Å². The Bertz CT molecular complexity index is 1620. The Hall–Kier alpha value is -4.23. The molecule has 8 heteroatoms. The van der Waals surface area contributed by atoms with Crippen LogP contribution in [0, 0.1) is 6.92 Å². The number of nitrogens with zero attached hydrogens (tertiary/aromatic N) is 4. The van der Waals surface area contributed by atoms with Gasteiger partial charge in [-0.15, -0.1) is 0 Å². The molecule has 3 aromatic heterocycles. The summed E-state index contributed by atoms with van der Waals surface area (Å²) in [6.07, 6.45) is 5.54. The van der Waals surface area contributed by atoms with E-state index < -0.39 is 0 Å². The van der Waals surface area contributed by atoms with Gasteiger partial charge < -0.3 is 11.1 Å². The van der Waals surface area contributed by atoms with Gasteiger partial charge in [0.1, 0.15) is 11.5 Å². The summed E-state index contributed by atoms with van der Waals surface area (Å²) in [5.41, 5.74) is 11.9. The summed E-state index contributed by atoms with van der Waals surface area (Å²) in [7, 11) is 0. The smallest absolute Gasteiger partial charge is 0.255 e. The summed E-state index contributed by atoms with van der Waals surface area (Å²) < 4.78 is 1.97. The third kappa shape index (κ3) is 3.78. The highest BCUT2D eigenvalue weighted by molar-refractivity contribution is 6.30. The molecule has 1 saturated carbocycles. The highest BCUT2D eigenvalue weighted by Crippen LogP contribution is 2.52. The molecule has 1 fully saturated rings. The summed E-state index contributed by atoms with van der Waals surface area (Å²) in [6.45, 7) is 1.97. The van der Waals surface area contributed by atoms with E-state index in [0.717, 1.165) is 47.0 Å². The minimum Gasteiger partial charge on any atom is -0.397 e. The van der Waals surface area contributed by atoms with Crippen molar-refractivity contribution in [3.63, 3.8) is 0 Å². The lowest BCUT2D eigenvalue weighted by Gasteiger charge is -2.16. The Morgan fingerprint density at radius 3 is 2.56 bits per heavy atom. The van der Waals surface area contributed by atoms with Crippen LogP contribution in [0.4, 0.5) is 11.4 Å². The van der Waals surface area contributed by atoms with Crippen molar-refractivity contribution in [1.82, 2.24) is 19.4 Å². The number of rotatable bonds is 5. The van der Waals surface area contributed by atoms with Crippen molar-refractivity contribution in [3.05, 3.63) is 107 Å². The van der Waals surface area contributed by atoms with Crippen LogP contribution in [0.3, 0.4) is 0 Å². The molecule has 0 radical (unpaired) electrons. The number of para-hydroxylation sites is 2. The maximum atomic E-state index is 12.7. The number of hydrogen-bond acceptors (Lipinski definition) is 5. The van der Waals surface area contributed by atoms with E-state index in [1.165, 1.54) is 0 Å². The van der Waals surface area contributed by atoms with Crippen LogP contribution in [0.15, 0.2) is 79.1 Å². The third-order valence-electron chi connectivity index (χ3n) is 6.74. The summed E-state index contributed by atoms with van der Waals surface area (Å²) in [6, 6.07) is 20.5. The molecule has 0 saturated heterocycles. The number of carbonyl (C=O) groups excluding carboxylic acids is 1. The molecule has 1 aliphatic rings. The normalized spacial score (nSPS) is 14.1. The number of nitrogen functional groups attached to an aromatic ring is 1. The average molecular weight is 495 g/mol. The van der Waals surface area contributed by atoms with Gasteiger partial charge in [0.2, 0.25) is 0 Å². The van der Waals surface area contributed by atoms with Crippen LogP contribution in [0.25, 0.3) is 17.0 Å². The second kappa shape index (κ2) is 8.46. The standard InChI is InChI=1S/C28H23ClN6O/c1-17-25(35-16-20(29)10-11-24(35)32-17)23-12-15-31-27(34-23)28(13-14-28)19-8-6-18(7-9-19)26(36)33-22-5-3-2-4-21(22)30/h2-12,15-16H,13-14,30H2,1H3,(H,33,36). The van der Waals surface area contributed by atoms with Gasteiger partial charge in [0, 0.05) is 18.0 Å². The van der Waals surface area contributed by atoms with Crippen molar-refractivity contribution in [2.75, 3.05) is 11.1 Å². The minimum absolute atomic E-state index is 0.204. The highest BCUT2D eigenvalue weighted by Gasteiger charge is 2.48. The fourth-order valence-corrected chi connectivity index (χ4v) is 4.84. The molecule has 0 bridgehead atoms. The SMILES string of the molecule is Cc1nc2ccc(Cl)cn2c1-c1ccnc(C2(c3ccc(C(=O)Nc4ccccc4N)cc3)CC2)n1. The largest absolute Gasteiger partial charge is 0.397 e. The van der Waals surface area contributed by atoms with Gasteiger partial charge in [0.25, 0.3) is 5.91 Å². The molecule has 1 amide bonds. The maximum absolute atomic E-state index is 12.7. The molecule has 7 nitrogen and oxygen atoms in total. The lowest BCUT2D eigenvalue weighted by atomic mass is 9.93. The molecule has 5 aromatic rings. The lowest BCUT2D eigenvalue weighted by Crippen LogP contribution is -2.16. The number of aromatic nitrogens is 4. The number of amides is 1. The molecule has 178 valence electrons. The predicted octanol–water partition coefficient (Wildman–Crippen LogP) is 5.67. The van der Waals surface area contributed by atoms with E-state index in [0.29, 0.717) is 22.0 Å². The zero-order chi connectivity index (χ0) is 24.9. The monoisotopic (exact) mass is 494 g/mol. The summed E-state index contributed by atoms with van der Waals surface area (Å²) in [5, 5.41) is 3.51. The number of nitrogens with one attached hydrogen (secondary N) is 1. The fourth-order valence-electron chi connectivity index (χ4n) is 4.68. The van der Waals surface area contributed by atoms with Crippen LogP contribution >= 0.6 is 11.6 Å². The predicted molar refractivity (Wildman–Crippen MR) is 141 cm³/mol. The highest BCUT2D eigenvalue weighted by atomic mass is 35.5. The number of pyridine rings is 1. The van der Waals surface area contributed by atoms with Crippen LogP contribution in [-0.2, 0) is 5.41 Å². The third-order valence-corrected chi connectivity index (χ3v) is 6.97. The van der Waals surface area contributed by atoms with Crippen LogP contribution in [0.1, 0.15) is 40.3 Å². The second-order valence-electron chi connectivity index (χ2n) is 9.09. The Labute approximate surface area is 213 Å². The van der Waals surface area contributed by atoms with E-state index in [2.05, 4.69) is 15.3 Å². The van der Waals surface area contributed by atoms with Crippen LogP contribution in [0.2, 0.25) is 5.02 Å². The second-order valence-corrected chi connectivity index (χ2v) is 9.52. The lowest BCUT2D eigenvalue weighted by molar-refractivity contribution is 0.102. The zero-order valence-electron chi connectivity index (χ0n) is 19.6. The van der Waals surface area contributed by atoms with Gasteiger partial charge in [0.05, 0.1) is 38.9 Å². The van der Waals surface area contributed by atoms with Crippen molar-refractivity contribution in [2.24, 2.45) is 0 Å². The van der Waals surface area contributed by atoms with Gasteiger partial charge in [-0.3, -0.25) is 9.20 Å². The molecule has 6 rings (SSSR count). The number of halogens is 1. The van der Waals surface area contributed by atoms with Gasteiger partial charge in [-0.2, -0.15) is 0 Å². The van der Waals surface area contributed by atoms with Crippen LogP contribution < -0.4 is 11.1 Å². The molecule has 1 aliphatic carbocycles. The van der Waals surface area contributed by atoms with Crippen molar-refractivity contribution in [3.8, 4) is 11.4 Å². The topological polar surface area (TPSA) is 98.2 Å². The number of anilines is 2. The van der Waals surface area contributed by atoms with Crippen molar-refractivity contribution in [2.45, 2.75) is 25.2 Å². The Kier molecular flexibility index (Phi) is 5.23. The van der Waals surface area contributed by atoms with Crippen LogP contribution in [-0.4, -0.2) is 25.3 Å². The van der Waals surface area contributed by atoms with Crippen LogP contribution in [0.5, 0.6) is 0 Å². The van der Waals surface area contributed by atoms with Gasteiger partial charge >= 0.3 is 0 Å². The molecular weight excluding hydrogens is 472 g/mol. The molecule has 0 aliphatic heterocycles. The number of carbonyl (C=O) groups is 1. The zero-order valence-corrected chi connectivity index (χ0v) is 20.3. The Balaban J connectivity index is 1.30. The van der Waals surface area contributed by atoms with E-state index >= 15 is 0 Å². The van der Waals surface area contributed by atoms with Gasteiger partial charge in [-0.05, 0) is 67.8 Å². The number of nitrogens with two attached hydrogens (primary N) is 1. The Morgan fingerprint density at radius 2 is 1.81 bits per heavy atom. The molecule has 0 spiro atoms. The first-order valence-electron chi connectivity index (χ1n) is 11.7.